The third-order valence-electron chi connectivity index (χ3n) is 5.70. The van der Waals surface area contributed by atoms with E-state index in [-0.39, 0.29) is 34.2 Å². The van der Waals surface area contributed by atoms with Crippen LogP contribution in [0.3, 0.4) is 0 Å². The largest absolute Gasteiger partial charge is 0.496 e. The number of rotatable bonds is 6. The molecule has 0 saturated heterocycles. The standard InChI is InChI=1S/C20H27F3N2O2S/c1-27-16-10-12(20(21,22)23)11-17(28-2)18(16)19(26)25-15-9-4-3-8-14(15)24-13-6-5-7-13/h10-11,13-15,24H,3-9H2,1-2H3,(H,25,26)/t14-,15+/m1/s1. The minimum atomic E-state index is -4.49. The Morgan fingerprint density at radius 3 is 2.32 bits per heavy atom. The Morgan fingerprint density at radius 1 is 1.11 bits per heavy atom. The maximum atomic E-state index is 13.2. The number of nitrogens with one attached hydrogen (secondary N) is 2. The van der Waals surface area contributed by atoms with Crippen molar-refractivity contribution in [1.82, 2.24) is 10.6 Å². The maximum absolute atomic E-state index is 13.2. The average Bonchev–Trinajstić information content (AvgIpc) is 2.63. The number of carbonyl (C=O) groups is 1. The van der Waals surface area contributed by atoms with E-state index in [4.69, 9.17) is 4.74 Å². The molecule has 1 aromatic carbocycles. The molecule has 1 amide bonds. The molecule has 4 nitrogen and oxygen atoms in total. The molecule has 1 aromatic rings. The molecule has 0 radical (unpaired) electrons. The molecule has 0 unspecified atom stereocenters. The lowest BCUT2D eigenvalue weighted by molar-refractivity contribution is -0.137. The number of carbonyl (C=O) groups excluding carboxylic acids is 1. The first kappa shape index (κ1) is 21.3. The van der Waals surface area contributed by atoms with Crippen LogP contribution in [0.15, 0.2) is 17.0 Å². The van der Waals surface area contributed by atoms with Gasteiger partial charge in [-0.05, 0) is 44.1 Å². The van der Waals surface area contributed by atoms with Crippen molar-refractivity contribution in [2.45, 2.75) is 74.1 Å². The Labute approximate surface area is 168 Å². The summed E-state index contributed by atoms with van der Waals surface area (Å²) in [5.74, 6) is -0.418. The van der Waals surface area contributed by atoms with Crippen molar-refractivity contribution in [3.63, 3.8) is 0 Å². The summed E-state index contributed by atoms with van der Waals surface area (Å²) in [6.07, 6.45) is 4.77. The van der Waals surface area contributed by atoms with E-state index in [0.717, 1.165) is 49.6 Å². The predicted molar refractivity (Wildman–Crippen MR) is 104 cm³/mol. The van der Waals surface area contributed by atoms with Crippen LogP contribution in [0, 0.1) is 0 Å². The smallest absolute Gasteiger partial charge is 0.416 e. The van der Waals surface area contributed by atoms with Gasteiger partial charge in [-0.1, -0.05) is 19.3 Å². The highest BCUT2D eigenvalue weighted by molar-refractivity contribution is 7.98. The highest BCUT2D eigenvalue weighted by Gasteiger charge is 2.35. The van der Waals surface area contributed by atoms with Crippen LogP contribution in [-0.2, 0) is 6.18 Å². The van der Waals surface area contributed by atoms with Gasteiger partial charge >= 0.3 is 6.18 Å². The quantitative estimate of drug-likeness (QED) is 0.665. The monoisotopic (exact) mass is 416 g/mol. The number of benzene rings is 1. The minimum absolute atomic E-state index is 0.0245. The fourth-order valence-electron chi connectivity index (χ4n) is 3.92. The van der Waals surface area contributed by atoms with Crippen LogP contribution in [0.25, 0.3) is 0 Å². The zero-order valence-corrected chi connectivity index (χ0v) is 17.0. The summed E-state index contributed by atoms with van der Waals surface area (Å²) in [7, 11) is 1.29. The zero-order valence-electron chi connectivity index (χ0n) is 16.2. The van der Waals surface area contributed by atoms with Crippen molar-refractivity contribution < 1.29 is 22.7 Å². The van der Waals surface area contributed by atoms with Crippen molar-refractivity contribution in [3.8, 4) is 5.75 Å². The fraction of sp³-hybridized carbons (Fsp3) is 0.650. The average molecular weight is 417 g/mol. The van der Waals surface area contributed by atoms with E-state index in [9.17, 15) is 18.0 Å². The molecule has 2 atom stereocenters. The molecule has 2 aliphatic rings. The van der Waals surface area contributed by atoms with E-state index in [1.807, 2.05) is 0 Å². The molecular weight excluding hydrogens is 389 g/mol. The van der Waals surface area contributed by atoms with E-state index in [2.05, 4.69) is 10.6 Å². The van der Waals surface area contributed by atoms with Crippen molar-refractivity contribution in [3.05, 3.63) is 23.3 Å². The number of halogens is 3. The molecule has 0 spiro atoms. The highest BCUT2D eigenvalue weighted by atomic mass is 32.2. The van der Waals surface area contributed by atoms with Gasteiger partial charge in [-0.2, -0.15) is 13.2 Å². The Kier molecular flexibility index (Phi) is 6.81. The first-order valence-corrected chi connectivity index (χ1v) is 11.0. The number of methoxy groups -OCH3 is 1. The summed E-state index contributed by atoms with van der Waals surface area (Å²) in [6.45, 7) is 0. The number of ether oxygens (including phenoxy) is 1. The third kappa shape index (κ3) is 4.76. The summed E-state index contributed by atoms with van der Waals surface area (Å²) in [5, 5.41) is 6.72. The van der Waals surface area contributed by atoms with E-state index in [1.165, 1.54) is 26.4 Å². The molecule has 28 heavy (non-hydrogen) atoms. The SMILES string of the molecule is COc1cc(C(F)(F)F)cc(SC)c1C(=O)N[C@H]1CCCC[C@H]1NC1CCC1. The van der Waals surface area contributed by atoms with Gasteiger partial charge in [-0.15, -0.1) is 11.8 Å². The lowest BCUT2D eigenvalue weighted by atomic mass is 9.86. The molecule has 3 rings (SSSR count). The van der Waals surface area contributed by atoms with Gasteiger partial charge in [0, 0.05) is 23.0 Å². The van der Waals surface area contributed by atoms with E-state index in [1.54, 1.807) is 6.26 Å². The second kappa shape index (κ2) is 8.95. The molecule has 2 N–H and O–H groups in total. The molecule has 2 fully saturated rings. The van der Waals surface area contributed by atoms with Crippen molar-refractivity contribution >= 4 is 17.7 Å². The van der Waals surface area contributed by atoms with E-state index in [0.29, 0.717) is 6.04 Å². The van der Waals surface area contributed by atoms with Crippen LogP contribution >= 0.6 is 11.8 Å². The van der Waals surface area contributed by atoms with Gasteiger partial charge in [0.1, 0.15) is 5.75 Å². The summed E-state index contributed by atoms with van der Waals surface area (Å²) >= 11 is 1.11. The van der Waals surface area contributed by atoms with Crippen LogP contribution in [-0.4, -0.2) is 37.4 Å². The Bertz CT molecular complexity index is 682. The molecule has 8 heteroatoms. The molecule has 2 saturated carbocycles. The zero-order chi connectivity index (χ0) is 20.3. The summed E-state index contributed by atoms with van der Waals surface area (Å²) in [6, 6.07) is 2.63. The predicted octanol–water partition coefficient (Wildman–Crippen LogP) is 4.62. The van der Waals surface area contributed by atoms with E-state index < -0.39 is 11.7 Å². The molecule has 0 bridgehead atoms. The second-order valence-corrected chi connectivity index (χ2v) is 8.37. The van der Waals surface area contributed by atoms with Crippen molar-refractivity contribution in [2.75, 3.05) is 13.4 Å². The molecule has 0 aromatic heterocycles. The van der Waals surface area contributed by atoms with Crippen LogP contribution in [0.4, 0.5) is 13.2 Å². The van der Waals surface area contributed by atoms with Crippen LogP contribution in [0.5, 0.6) is 5.75 Å². The Morgan fingerprint density at radius 2 is 1.79 bits per heavy atom. The normalized spacial score (nSPS) is 23.2. The number of hydrogen-bond acceptors (Lipinski definition) is 4. The van der Waals surface area contributed by atoms with Gasteiger partial charge in [0.05, 0.1) is 18.2 Å². The molecular formula is C20H27F3N2O2S. The molecule has 156 valence electrons. The first-order chi connectivity index (χ1) is 13.3. The van der Waals surface area contributed by atoms with Gasteiger partial charge in [0.2, 0.25) is 0 Å². The van der Waals surface area contributed by atoms with Crippen LogP contribution < -0.4 is 15.4 Å². The summed E-state index contributed by atoms with van der Waals surface area (Å²) in [4.78, 5) is 13.3. The third-order valence-corrected chi connectivity index (χ3v) is 6.46. The van der Waals surface area contributed by atoms with Crippen molar-refractivity contribution in [1.29, 1.82) is 0 Å². The number of thioether (sulfide) groups is 1. The number of alkyl halides is 3. The maximum Gasteiger partial charge on any atom is 0.416 e. The van der Waals surface area contributed by atoms with Crippen LogP contribution in [0.2, 0.25) is 0 Å². The molecule has 2 aliphatic carbocycles. The lowest BCUT2D eigenvalue weighted by Crippen LogP contribution is -2.55. The van der Waals surface area contributed by atoms with E-state index >= 15 is 0 Å². The minimum Gasteiger partial charge on any atom is -0.496 e. The van der Waals surface area contributed by atoms with Gasteiger partial charge in [-0.25, -0.2) is 0 Å². The number of hydrogen-bond donors (Lipinski definition) is 2. The second-order valence-electron chi connectivity index (χ2n) is 7.52. The topological polar surface area (TPSA) is 50.4 Å². The van der Waals surface area contributed by atoms with Gasteiger partial charge in [-0.3, -0.25) is 4.79 Å². The Balaban J connectivity index is 1.82. The lowest BCUT2D eigenvalue weighted by Gasteiger charge is -2.38. The van der Waals surface area contributed by atoms with Gasteiger partial charge in [0.25, 0.3) is 5.91 Å². The summed E-state index contributed by atoms with van der Waals surface area (Å²) < 4.78 is 44.7. The van der Waals surface area contributed by atoms with Crippen LogP contribution in [0.1, 0.15) is 60.9 Å². The summed E-state index contributed by atoms with van der Waals surface area (Å²) in [5.41, 5.74) is -0.636. The molecule has 0 heterocycles. The van der Waals surface area contributed by atoms with Gasteiger partial charge < -0.3 is 15.4 Å². The highest BCUT2D eigenvalue weighted by Crippen LogP contribution is 2.38. The number of amides is 1. The van der Waals surface area contributed by atoms with Crippen molar-refractivity contribution in [2.24, 2.45) is 0 Å². The Hall–Kier alpha value is -1.41. The first-order valence-electron chi connectivity index (χ1n) is 9.73. The fourth-order valence-corrected chi connectivity index (χ4v) is 4.56. The van der Waals surface area contributed by atoms with Gasteiger partial charge in [0.15, 0.2) is 0 Å². The molecule has 0 aliphatic heterocycles.